The highest BCUT2D eigenvalue weighted by Gasteiger charge is 2.49. The van der Waals surface area contributed by atoms with Crippen LogP contribution in [0.15, 0.2) is 79.3 Å². The van der Waals surface area contributed by atoms with E-state index in [0.717, 1.165) is 24.3 Å². The molecule has 40 heavy (non-hydrogen) atoms. The third kappa shape index (κ3) is 6.15. The van der Waals surface area contributed by atoms with Gasteiger partial charge in [-0.05, 0) is 60.2 Å². The highest BCUT2D eigenvalue weighted by Crippen LogP contribution is 2.36. The first-order valence-corrected chi connectivity index (χ1v) is 13.4. The van der Waals surface area contributed by atoms with Gasteiger partial charge in [0.15, 0.2) is 0 Å². The zero-order chi connectivity index (χ0) is 29.3. The topological polar surface area (TPSA) is 125 Å². The largest absolute Gasteiger partial charge is 0.534 e. The number of alkyl halides is 6. The highest BCUT2D eigenvalue weighted by atomic mass is 32.2. The summed E-state index contributed by atoms with van der Waals surface area (Å²) in [6.07, 6.45) is 2.73. The number of pyridine rings is 1. The fraction of sp³-hybridized carbons (Fsp3) is 0.0870. The van der Waals surface area contributed by atoms with Crippen LogP contribution in [-0.2, 0) is 20.2 Å². The fourth-order valence-electron chi connectivity index (χ4n) is 3.20. The van der Waals surface area contributed by atoms with Gasteiger partial charge >= 0.3 is 31.3 Å². The molecule has 2 aromatic carbocycles. The predicted molar refractivity (Wildman–Crippen MR) is 127 cm³/mol. The Hall–Kier alpha value is -4.25. The van der Waals surface area contributed by atoms with Gasteiger partial charge in [0.1, 0.15) is 17.8 Å². The lowest BCUT2D eigenvalue weighted by Gasteiger charge is -2.14. The molecule has 9 nitrogen and oxygen atoms in total. The number of halogens is 6. The molecule has 0 saturated heterocycles. The number of rotatable bonds is 7. The summed E-state index contributed by atoms with van der Waals surface area (Å²) < 4.78 is 129. The molecule has 210 valence electrons. The van der Waals surface area contributed by atoms with Gasteiger partial charge in [0, 0.05) is 17.3 Å². The molecule has 0 unspecified atom stereocenters. The number of aromatic nitrogens is 3. The van der Waals surface area contributed by atoms with Crippen molar-refractivity contribution in [1.82, 2.24) is 15.0 Å². The minimum Gasteiger partial charge on any atom is -0.376 e. The second kappa shape index (κ2) is 10.4. The lowest BCUT2D eigenvalue weighted by Crippen LogP contribution is -2.28. The Balaban J connectivity index is 1.74. The van der Waals surface area contributed by atoms with Gasteiger partial charge in [-0.2, -0.15) is 43.2 Å². The Morgan fingerprint density at radius 2 is 1.10 bits per heavy atom. The summed E-state index contributed by atoms with van der Waals surface area (Å²) >= 11 is 0. The van der Waals surface area contributed by atoms with Gasteiger partial charge in [-0.25, -0.2) is 15.0 Å². The molecule has 0 aliphatic carbocycles. The summed E-state index contributed by atoms with van der Waals surface area (Å²) in [5.74, 6) is -1.23. The van der Waals surface area contributed by atoms with Crippen LogP contribution in [-0.4, -0.2) is 42.8 Å². The van der Waals surface area contributed by atoms with E-state index in [-0.39, 0.29) is 11.3 Å². The summed E-state index contributed by atoms with van der Waals surface area (Å²) in [7, 11) is -11.8. The van der Waals surface area contributed by atoms with E-state index in [1.165, 1.54) is 36.8 Å². The van der Waals surface area contributed by atoms with E-state index in [9.17, 15) is 43.2 Å². The Labute approximate surface area is 222 Å². The summed E-state index contributed by atoms with van der Waals surface area (Å²) in [4.78, 5) is 12.5. The average Bonchev–Trinajstić information content (AvgIpc) is 2.88. The van der Waals surface area contributed by atoms with Crippen molar-refractivity contribution in [3.05, 3.63) is 79.3 Å². The smallest absolute Gasteiger partial charge is 0.376 e. The Kier molecular flexibility index (Phi) is 7.46. The second-order valence-electron chi connectivity index (χ2n) is 7.70. The number of nitrogens with zero attached hydrogens (tertiary/aromatic N) is 3. The highest BCUT2D eigenvalue weighted by molar-refractivity contribution is 7.88. The van der Waals surface area contributed by atoms with E-state index in [0.29, 0.717) is 22.5 Å². The van der Waals surface area contributed by atoms with Crippen LogP contribution >= 0.6 is 0 Å². The van der Waals surface area contributed by atoms with Crippen LogP contribution in [0.3, 0.4) is 0 Å². The van der Waals surface area contributed by atoms with Crippen LogP contribution in [0.25, 0.3) is 33.8 Å². The van der Waals surface area contributed by atoms with Crippen molar-refractivity contribution < 1.29 is 51.5 Å². The molecule has 0 atom stereocenters. The normalized spacial score (nSPS) is 12.7. The number of hydrogen-bond donors (Lipinski definition) is 0. The Morgan fingerprint density at radius 3 is 1.55 bits per heavy atom. The van der Waals surface area contributed by atoms with Crippen LogP contribution in [0.5, 0.6) is 11.5 Å². The second-order valence-corrected chi connectivity index (χ2v) is 10.8. The summed E-state index contributed by atoms with van der Waals surface area (Å²) in [5, 5.41) is 0. The van der Waals surface area contributed by atoms with Crippen LogP contribution in [0, 0.1) is 0 Å². The van der Waals surface area contributed by atoms with Crippen LogP contribution in [0.4, 0.5) is 26.3 Å². The molecule has 0 spiro atoms. The lowest BCUT2D eigenvalue weighted by atomic mass is 9.98. The minimum absolute atomic E-state index is 0.206. The summed E-state index contributed by atoms with van der Waals surface area (Å²) in [5.41, 5.74) is -9.33. The van der Waals surface area contributed by atoms with Crippen LogP contribution in [0.2, 0.25) is 0 Å². The van der Waals surface area contributed by atoms with Gasteiger partial charge in [-0.1, -0.05) is 12.1 Å². The monoisotopic (exact) mass is 605 g/mol. The predicted octanol–water partition coefficient (Wildman–Crippen LogP) is 5.33. The lowest BCUT2D eigenvalue weighted by molar-refractivity contribution is -0.0504. The fourth-order valence-corrected chi connectivity index (χ4v) is 4.12. The zero-order valence-corrected chi connectivity index (χ0v) is 21.0. The van der Waals surface area contributed by atoms with Crippen LogP contribution < -0.4 is 8.37 Å². The number of hydrogen-bond acceptors (Lipinski definition) is 9. The molecule has 0 saturated carbocycles. The third-order valence-electron chi connectivity index (χ3n) is 5.01. The van der Waals surface area contributed by atoms with E-state index in [1.54, 1.807) is 18.2 Å². The molecule has 2 aromatic heterocycles. The molecule has 4 aromatic rings. The van der Waals surface area contributed by atoms with Gasteiger partial charge < -0.3 is 8.37 Å². The van der Waals surface area contributed by atoms with Crippen molar-refractivity contribution >= 4 is 20.2 Å². The number of benzene rings is 2. The van der Waals surface area contributed by atoms with E-state index >= 15 is 0 Å². The SMILES string of the molecule is O=S(=O)(Oc1ccc(-c2ccc(-c3ccncn3)nc2-c2ccc(OS(=O)(=O)C(F)(F)F)cc2)cc1)C(F)(F)F. The first kappa shape index (κ1) is 28.8. The third-order valence-corrected chi connectivity index (χ3v) is 6.97. The maximum Gasteiger partial charge on any atom is 0.534 e. The van der Waals surface area contributed by atoms with Gasteiger partial charge in [-0.3, -0.25) is 0 Å². The standard InChI is InChI=1S/C23H13F6N3O6S2/c24-22(25,26)39(33,34)37-16-5-1-14(2-6-16)18-9-10-20(19-11-12-30-13-31-19)32-21(18)15-3-7-17(8-4-15)38-40(35,36)23(27,28)29/h1-13H. The summed E-state index contributed by atoms with van der Waals surface area (Å²) in [6.45, 7) is 0. The molecule has 2 heterocycles. The molecule has 0 aliphatic heterocycles. The van der Waals surface area contributed by atoms with Crippen molar-refractivity contribution in [1.29, 1.82) is 0 Å². The van der Waals surface area contributed by atoms with Gasteiger partial charge in [0.05, 0.1) is 17.1 Å². The first-order chi connectivity index (χ1) is 18.6. The average molecular weight is 605 g/mol. The van der Waals surface area contributed by atoms with Gasteiger partial charge in [-0.15, -0.1) is 0 Å². The summed E-state index contributed by atoms with van der Waals surface area (Å²) in [6, 6.07) is 13.6. The molecule has 17 heteroatoms. The first-order valence-electron chi connectivity index (χ1n) is 10.6. The molecular weight excluding hydrogens is 592 g/mol. The molecular formula is C23H13F6N3O6S2. The van der Waals surface area contributed by atoms with Gasteiger partial charge in [0.2, 0.25) is 0 Å². The van der Waals surface area contributed by atoms with Crippen LogP contribution in [0.1, 0.15) is 0 Å². The zero-order valence-electron chi connectivity index (χ0n) is 19.4. The van der Waals surface area contributed by atoms with Crippen molar-refractivity contribution in [3.8, 4) is 45.3 Å². The van der Waals surface area contributed by atoms with Crippen molar-refractivity contribution in [2.45, 2.75) is 11.0 Å². The van der Waals surface area contributed by atoms with Gasteiger partial charge in [0.25, 0.3) is 0 Å². The quantitative estimate of drug-likeness (QED) is 0.156. The van der Waals surface area contributed by atoms with E-state index in [1.807, 2.05) is 0 Å². The molecule has 4 rings (SSSR count). The molecule has 0 N–H and O–H groups in total. The van der Waals surface area contributed by atoms with E-state index < -0.39 is 42.8 Å². The molecule has 0 radical (unpaired) electrons. The molecule has 0 amide bonds. The van der Waals surface area contributed by atoms with E-state index in [2.05, 4.69) is 23.3 Å². The minimum atomic E-state index is -5.90. The molecule has 0 aliphatic rings. The van der Waals surface area contributed by atoms with Crippen molar-refractivity contribution in [2.24, 2.45) is 0 Å². The molecule has 0 fully saturated rings. The maximum absolute atomic E-state index is 12.7. The maximum atomic E-state index is 12.7. The molecule has 0 bridgehead atoms. The Morgan fingerprint density at radius 1 is 0.600 bits per heavy atom. The van der Waals surface area contributed by atoms with Crippen molar-refractivity contribution in [2.75, 3.05) is 0 Å². The van der Waals surface area contributed by atoms with E-state index in [4.69, 9.17) is 0 Å². The van der Waals surface area contributed by atoms with Crippen molar-refractivity contribution in [3.63, 3.8) is 0 Å². The Bertz CT molecular complexity index is 1730.